The second kappa shape index (κ2) is 10.1. The van der Waals surface area contributed by atoms with E-state index < -0.39 is 57.5 Å². The molecule has 1 aliphatic heterocycles. The molecule has 0 unspecified atom stereocenters. The van der Waals surface area contributed by atoms with Crippen molar-refractivity contribution in [2.45, 2.75) is 42.6 Å². The van der Waals surface area contributed by atoms with Gasteiger partial charge in [-0.05, 0) is 30.9 Å². The molecule has 194 valence electrons. The van der Waals surface area contributed by atoms with Crippen LogP contribution in [0.5, 0.6) is 5.75 Å². The third-order valence-corrected chi connectivity index (χ3v) is 6.08. The number of hydrogen-bond acceptors (Lipinski definition) is 5. The highest BCUT2D eigenvalue weighted by molar-refractivity contribution is 7.89. The van der Waals surface area contributed by atoms with Crippen LogP contribution >= 0.6 is 0 Å². The normalized spacial score (nSPS) is 16.6. The Bertz CT molecular complexity index is 941. The van der Waals surface area contributed by atoms with Gasteiger partial charge in [-0.1, -0.05) is 12.1 Å². The van der Waals surface area contributed by atoms with Crippen molar-refractivity contribution in [3.05, 3.63) is 24.3 Å². The molecule has 0 bridgehead atoms. The van der Waals surface area contributed by atoms with Gasteiger partial charge in [-0.15, -0.1) is 13.2 Å². The van der Waals surface area contributed by atoms with Crippen LogP contribution in [-0.2, 0) is 14.8 Å². The molecule has 7 nitrogen and oxygen atoms in total. The predicted octanol–water partition coefficient (Wildman–Crippen LogP) is 4.21. The molecular weight excluding hydrogens is 515 g/mol. The molecule has 1 aromatic rings. The first-order valence-corrected chi connectivity index (χ1v) is 10.8. The summed E-state index contributed by atoms with van der Waals surface area (Å²) >= 11 is 0. The number of carbonyl (C=O) groups is 1. The molecule has 34 heavy (non-hydrogen) atoms. The van der Waals surface area contributed by atoms with Crippen molar-refractivity contribution in [3.63, 3.8) is 0 Å². The van der Waals surface area contributed by atoms with Gasteiger partial charge >= 0.3 is 24.8 Å². The number of nitrogens with one attached hydrogen (secondary N) is 1. The van der Waals surface area contributed by atoms with Crippen LogP contribution in [0.4, 0.5) is 44.3 Å². The number of alkyl halides is 9. The number of amides is 1. The van der Waals surface area contributed by atoms with Gasteiger partial charge in [-0.25, -0.2) is 17.9 Å². The fourth-order valence-electron chi connectivity index (χ4n) is 3.00. The van der Waals surface area contributed by atoms with Gasteiger partial charge in [-0.2, -0.15) is 26.3 Å². The second-order valence-electron chi connectivity index (χ2n) is 7.12. The van der Waals surface area contributed by atoms with Gasteiger partial charge in [-0.3, -0.25) is 0 Å². The van der Waals surface area contributed by atoms with Crippen LogP contribution in [0.15, 0.2) is 29.2 Å². The van der Waals surface area contributed by atoms with E-state index in [1.165, 1.54) is 0 Å². The van der Waals surface area contributed by atoms with Crippen molar-refractivity contribution < 1.29 is 62.2 Å². The maximum atomic E-state index is 12.5. The Morgan fingerprint density at radius 1 is 1.00 bits per heavy atom. The second-order valence-corrected chi connectivity index (χ2v) is 8.86. The Kier molecular flexibility index (Phi) is 8.22. The number of hydrogen-bond donors (Lipinski definition) is 1. The number of carbonyl (C=O) groups excluding carboxylic acids is 1. The SMILES string of the molecule is O=C(OC(C(F)(F)F)C(F)(F)F)N1CCC(CNS(=O)(=O)c2ccccc2OC(F)(F)F)CC1. The van der Waals surface area contributed by atoms with Crippen LogP contribution in [0.25, 0.3) is 0 Å². The molecule has 0 aliphatic carbocycles. The van der Waals surface area contributed by atoms with Crippen LogP contribution in [0.2, 0.25) is 0 Å². The number of halogens is 9. The lowest BCUT2D eigenvalue weighted by Gasteiger charge is -2.33. The van der Waals surface area contributed by atoms with Crippen LogP contribution in [0.1, 0.15) is 12.8 Å². The predicted molar refractivity (Wildman–Crippen MR) is 95.0 cm³/mol. The fourth-order valence-corrected chi connectivity index (χ4v) is 4.24. The molecule has 1 saturated heterocycles. The van der Waals surface area contributed by atoms with Gasteiger partial charge in [0.05, 0.1) is 0 Å². The van der Waals surface area contributed by atoms with Crippen LogP contribution in [0.3, 0.4) is 0 Å². The lowest BCUT2D eigenvalue weighted by molar-refractivity contribution is -0.308. The summed E-state index contributed by atoms with van der Waals surface area (Å²) in [7, 11) is -4.47. The lowest BCUT2D eigenvalue weighted by Crippen LogP contribution is -2.49. The molecule has 1 aliphatic rings. The molecule has 0 aromatic heterocycles. The van der Waals surface area contributed by atoms with Crippen LogP contribution in [-0.4, -0.2) is 63.9 Å². The number of para-hydroxylation sites is 1. The van der Waals surface area contributed by atoms with Gasteiger partial charge < -0.3 is 14.4 Å². The minimum absolute atomic E-state index is 0.0268. The zero-order valence-corrected chi connectivity index (χ0v) is 17.6. The molecule has 1 aromatic carbocycles. The molecule has 17 heteroatoms. The summed E-state index contributed by atoms with van der Waals surface area (Å²) < 4.78 is 147. The Morgan fingerprint density at radius 2 is 1.53 bits per heavy atom. The average Bonchev–Trinajstić information content (AvgIpc) is 2.68. The minimum Gasteiger partial charge on any atom is -0.426 e. The van der Waals surface area contributed by atoms with Crippen molar-refractivity contribution in [1.82, 2.24) is 9.62 Å². The number of sulfonamides is 1. The van der Waals surface area contributed by atoms with Crippen molar-refractivity contribution in [2.75, 3.05) is 19.6 Å². The molecule has 1 amide bonds. The van der Waals surface area contributed by atoms with E-state index in [0.717, 1.165) is 24.3 Å². The van der Waals surface area contributed by atoms with Crippen molar-refractivity contribution >= 4 is 16.1 Å². The zero-order chi connectivity index (χ0) is 25.9. The van der Waals surface area contributed by atoms with E-state index in [1.54, 1.807) is 0 Å². The van der Waals surface area contributed by atoms with E-state index >= 15 is 0 Å². The Labute approximate surface area is 186 Å². The summed E-state index contributed by atoms with van der Waals surface area (Å²) in [6.45, 7) is -0.984. The highest BCUT2D eigenvalue weighted by atomic mass is 32.2. The third-order valence-electron chi connectivity index (χ3n) is 4.61. The zero-order valence-electron chi connectivity index (χ0n) is 16.8. The number of piperidine rings is 1. The summed E-state index contributed by atoms with van der Waals surface area (Å²) in [6.07, 6.45) is -23.1. The third kappa shape index (κ3) is 7.82. The molecule has 0 saturated carbocycles. The molecule has 1 N–H and O–H groups in total. The summed E-state index contributed by atoms with van der Waals surface area (Å²) in [5.41, 5.74) is 0. The average molecular weight is 532 g/mol. The number of likely N-dealkylation sites (tertiary alicyclic amines) is 1. The van der Waals surface area contributed by atoms with E-state index in [9.17, 15) is 52.7 Å². The Morgan fingerprint density at radius 3 is 2.03 bits per heavy atom. The number of nitrogens with zero attached hydrogens (tertiary/aromatic N) is 1. The fraction of sp³-hybridized carbons (Fsp3) is 0.588. The van der Waals surface area contributed by atoms with Gasteiger partial charge in [0.2, 0.25) is 10.0 Å². The lowest BCUT2D eigenvalue weighted by atomic mass is 9.97. The van der Waals surface area contributed by atoms with Crippen molar-refractivity contribution in [3.8, 4) is 5.75 Å². The minimum atomic E-state index is -5.86. The number of benzene rings is 1. The number of ether oxygens (including phenoxy) is 2. The molecular formula is C17H17F9N2O5S. The standard InChI is InChI=1S/C17H17F9N2O5S/c18-15(19,20)13(16(21,22)23)32-14(29)28-7-5-10(6-8-28)9-27-34(30,31)12-4-2-1-3-11(12)33-17(24,25)26/h1-4,10,13,27H,5-9H2. The topological polar surface area (TPSA) is 84.9 Å². The van der Waals surface area contributed by atoms with Gasteiger partial charge in [0.1, 0.15) is 10.6 Å². The largest absolute Gasteiger partial charge is 0.573 e. The smallest absolute Gasteiger partial charge is 0.426 e. The summed E-state index contributed by atoms with van der Waals surface area (Å²) in [4.78, 5) is 11.6. The van der Waals surface area contributed by atoms with Gasteiger partial charge in [0, 0.05) is 19.6 Å². The first-order chi connectivity index (χ1) is 15.4. The highest BCUT2D eigenvalue weighted by Crippen LogP contribution is 2.36. The Balaban J connectivity index is 1.95. The molecule has 2 rings (SSSR count). The first-order valence-electron chi connectivity index (χ1n) is 9.33. The van der Waals surface area contributed by atoms with E-state index in [2.05, 4.69) is 14.2 Å². The Hall–Kier alpha value is -2.43. The summed E-state index contributed by atoms with van der Waals surface area (Å²) in [5, 5.41) is 0. The molecule has 0 spiro atoms. The molecule has 1 heterocycles. The van der Waals surface area contributed by atoms with E-state index in [4.69, 9.17) is 0 Å². The molecule has 0 atom stereocenters. The maximum Gasteiger partial charge on any atom is 0.573 e. The molecule has 0 radical (unpaired) electrons. The summed E-state index contributed by atoms with van der Waals surface area (Å²) in [5.74, 6) is -1.49. The molecule has 1 fully saturated rings. The monoisotopic (exact) mass is 532 g/mol. The van der Waals surface area contributed by atoms with Gasteiger partial charge in [0.15, 0.2) is 0 Å². The van der Waals surface area contributed by atoms with E-state index in [0.29, 0.717) is 4.90 Å². The van der Waals surface area contributed by atoms with Crippen molar-refractivity contribution in [1.29, 1.82) is 0 Å². The van der Waals surface area contributed by atoms with Crippen LogP contribution < -0.4 is 9.46 Å². The van der Waals surface area contributed by atoms with E-state index in [1.807, 2.05) is 0 Å². The van der Waals surface area contributed by atoms with Gasteiger partial charge in [0.25, 0.3) is 6.10 Å². The number of rotatable bonds is 6. The van der Waals surface area contributed by atoms with Crippen LogP contribution in [0, 0.1) is 5.92 Å². The quantitative estimate of drug-likeness (QED) is 0.556. The van der Waals surface area contributed by atoms with E-state index in [-0.39, 0.29) is 32.5 Å². The maximum absolute atomic E-state index is 12.5. The highest BCUT2D eigenvalue weighted by Gasteiger charge is 2.60. The summed E-state index contributed by atoms with van der Waals surface area (Å²) in [6, 6.07) is 3.95. The van der Waals surface area contributed by atoms with Crippen molar-refractivity contribution in [2.24, 2.45) is 5.92 Å². The first kappa shape index (κ1) is 27.8.